The largest absolute Gasteiger partial charge is 0.158 e. The fourth-order valence-electron chi connectivity index (χ4n) is 3.26. The highest BCUT2D eigenvalue weighted by molar-refractivity contribution is 8.34. The van der Waals surface area contributed by atoms with Gasteiger partial charge in [-0.25, -0.2) is 0 Å². The maximum Gasteiger partial charge on any atom is -0.00163 e. The third-order valence-electron chi connectivity index (χ3n) is 4.52. The van der Waals surface area contributed by atoms with Gasteiger partial charge in [0.2, 0.25) is 0 Å². The van der Waals surface area contributed by atoms with E-state index >= 15 is 0 Å². The quantitative estimate of drug-likeness (QED) is 0.487. The second-order valence-electron chi connectivity index (χ2n) is 5.82. The molecule has 0 amide bonds. The molecule has 1 atom stereocenters. The van der Waals surface area contributed by atoms with Crippen molar-refractivity contribution in [3.8, 4) is 0 Å². The average Bonchev–Trinajstić information content (AvgIpc) is 2.65. The lowest BCUT2D eigenvalue weighted by atomic mass is 10.3. The fraction of sp³-hybridized carbons (Fsp3) is 0.182. The van der Waals surface area contributed by atoms with E-state index in [1.165, 1.54) is 14.7 Å². The number of hydrogen-bond donors (Lipinski definition) is 0. The van der Waals surface area contributed by atoms with Gasteiger partial charge in [0.25, 0.3) is 0 Å². The topological polar surface area (TPSA) is 0 Å². The lowest BCUT2D eigenvalue weighted by molar-refractivity contribution is 0.881. The maximum atomic E-state index is 2.41. The van der Waals surface area contributed by atoms with Gasteiger partial charge in [-0.15, -0.1) is 0 Å². The lowest BCUT2D eigenvalue weighted by Crippen LogP contribution is -2.16. The minimum absolute atomic E-state index is 0.578. The van der Waals surface area contributed by atoms with Crippen LogP contribution in [0.5, 0.6) is 0 Å². The Balaban J connectivity index is 2.35. The summed E-state index contributed by atoms with van der Waals surface area (Å²) < 4.78 is 0. The van der Waals surface area contributed by atoms with Gasteiger partial charge in [0.15, 0.2) is 0 Å². The first-order valence-electron chi connectivity index (χ1n) is 8.27. The lowest BCUT2D eigenvalue weighted by Gasteiger charge is -2.46. The van der Waals surface area contributed by atoms with Gasteiger partial charge < -0.3 is 0 Å². The summed E-state index contributed by atoms with van der Waals surface area (Å²) in [5, 5.41) is 0.578. The number of rotatable bonds is 5. The van der Waals surface area contributed by atoms with Crippen molar-refractivity contribution >= 4 is 10.0 Å². The van der Waals surface area contributed by atoms with Crippen LogP contribution in [0.3, 0.4) is 0 Å². The molecule has 0 saturated carbocycles. The third-order valence-corrected chi connectivity index (χ3v) is 9.11. The molecule has 1 unspecified atom stereocenters. The van der Waals surface area contributed by atoms with Gasteiger partial charge in [0.1, 0.15) is 0 Å². The summed E-state index contributed by atoms with van der Waals surface area (Å²) in [5.74, 6) is 0. The van der Waals surface area contributed by atoms with Crippen LogP contribution in [0.15, 0.2) is 106 Å². The first-order chi connectivity index (χ1) is 11.3. The highest BCUT2D eigenvalue weighted by Crippen LogP contribution is 2.71. The molecule has 0 fully saturated rings. The normalized spacial score (nSPS) is 13.5. The van der Waals surface area contributed by atoms with E-state index in [2.05, 4.69) is 105 Å². The van der Waals surface area contributed by atoms with Crippen molar-refractivity contribution in [2.75, 3.05) is 0 Å². The highest BCUT2D eigenvalue weighted by atomic mass is 32.3. The van der Waals surface area contributed by atoms with Crippen molar-refractivity contribution in [3.05, 3.63) is 91.0 Å². The first kappa shape index (κ1) is 15.9. The summed E-state index contributed by atoms with van der Waals surface area (Å²) >= 11 is 0. The molecule has 0 aliphatic heterocycles. The third kappa shape index (κ3) is 2.82. The Morgan fingerprint density at radius 3 is 1.17 bits per heavy atom. The van der Waals surface area contributed by atoms with E-state index in [4.69, 9.17) is 0 Å². The van der Waals surface area contributed by atoms with Gasteiger partial charge in [0.05, 0.1) is 0 Å². The molecule has 0 bridgehead atoms. The van der Waals surface area contributed by atoms with Crippen molar-refractivity contribution < 1.29 is 0 Å². The molecule has 0 radical (unpaired) electrons. The van der Waals surface area contributed by atoms with Gasteiger partial charge in [-0.3, -0.25) is 0 Å². The molecule has 118 valence electrons. The van der Waals surface area contributed by atoms with Crippen LogP contribution in [0.2, 0.25) is 0 Å². The minimum Gasteiger partial charge on any atom is -0.158 e. The predicted molar refractivity (Wildman–Crippen MR) is 101 cm³/mol. The summed E-state index contributed by atoms with van der Waals surface area (Å²) in [6.45, 7) is 4.71. The smallest absolute Gasteiger partial charge is 0.00163 e. The minimum atomic E-state index is -1.26. The molecule has 0 nitrogen and oxygen atoms in total. The first-order valence-corrected chi connectivity index (χ1v) is 9.97. The van der Waals surface area contributed by atoms with Crippen LogP contribution < -0.4 is 0 Å². The summed E-state index contributed by atoms with van der Waals surface area (Å²) in [7, 11) is -1.26. The Kier molecular flexibility index (Phi) is 4.88. The molecule has 0 N–H and O–H groups in total. The average molecular weight is 321 g/mol. The Labute approximate surface area is 141 Å². The van der Waals surface area contributed by atoms with E-state index in [0.29, 0.717) is 5.25 Å². The van der Waals surface area contributed by atoms with E-state index in [1.54, 1.807) is 0 Å². The van der Waals surface area contributed by atoms with Crippen LogP contribution in [0.1, 0.15) is 20.3 Å². The van der Waals surface area contributed by atoms with Crippen LogP contribution in [-0.2, 0) is 0 Å². The van der Waals surface area contributed by atoms with Gasteiger partial charge in [-0.2, -0.15) is 10.0 Å². The summed E-state index contributed by atoms with van der Waals surface area (Å²) in [5.41, 5.74) is 0. The van der Waals surface area contributed by atoms with E-state index in [9.17, 15) is 0 Å². The van der Waals surface area contributed by atoms with E-state index in [1.807, 2.05) is 0 Å². The monoisotopic (exact) mass is 320 g/mol. The highest BCUT2D eigenvalue weighted by Gasteiger charge is 2.35. The molecule has 0 spiro atoms. The molecule has 0 aliphatic carbocycles. The van der Waals surface area contributed by atoms with E-state index in [0.717, 1.165) is 6.42 Å². The van der Waals surface area contributed by atoms with Crippen LogP contribution in [-0.4, -0.2) is 5.25 Å². The Bertz CT molecular complexity index is 623. The van der Waals surface area contributed by atoms with Gasteiger partial charge in [-0.1, -0.05) is 68.4 Å². The van der Waals surface area contributed by atoms with Crippen LogP contribution in [0.4, 0.5) is 0 Å². The standard InChI is InChI=1S/C22H24S/c1-3-19(2)23(20-13-7-4-8-14-20,21-15-9-5-10-16-21)22-17-11-6-12-18-22/h4-19H,3H2,1-2H3. The molecule has 3 aromatic carbocycles. The molecule has 23 heavy (non-hydrogen) atoms. The van der Waals surface area contributed by atoms with E-state index in [-0.39, 0.29) is 0 Å². The maximum absolute atomic E-state index is 2.41. The second-order valence-corrected chi connectivity index (χ2v) is 9.36. The Morgan fingerprint density at radius 2 is 0.913 bits per heavy atom. The summed E-state index contributed by atoms with van der Waals surface area (Å²) in [4.78, 5) is 4.35. The predicted octanol–water partition coefficient (Wildman–Crippen LogP) is 6.77. The molecule has 3 aromatic rings. The van der Waals surface area contributed by atoms with Crippen LogP contribution in [0.25, 0.3) is 0 Å². The van der Waals surface area contributed by atoms with E-state index < -0.39 is 10.0 Å². The van der Waals surface area contributed by atoms with Crippen molar-refractivity contribution in [1.82, 2.24) is 0 Å². The molecular weight excluding hydrogens is 296 g/mol. The van der Waals surface area contributed by atoms with Crippen molar-refractivity contribution in [1.29, 1.82) is 0 Å². The van der Waals surface area contributed by atoms with Crippen molar-refractivity contribution in [3.63, 3.8) is 0 Å². The second kappa shape index (κ2) is 7.06. The molecule has 0 aliphatic rings. The van der Waals surface area contributed by atoms with Crippen molar-refractivity contribution in [2.24, 2.45) is 0 Å². The number of benzene rings is 3. The molecule has 0 heterocycles. The number of hydrogen-bond acceptors (Lipinski definition) is 0. The van der Waals surface area contributed by atoms with Crippen LogP contribution >= 0.6 is 10.0 Å². The molecule has 0 aromatic heterocycles. The Morgan fingerprint density at radius 1 is 0.609 bits per heavy atom. The van der Waals surface area contributed by atoms with Gasteiger partial charge in [-0.05, 0) is 62.8 Å². The van der Waals surface area contributed by atoms with Crippen LogP contribution in [0, 0.1) is 0 Å². The molecule has 3 rings (SSSR count). The Hall–Kier alpha value is -1.99. The SMILES string of the molecule is CCC(C)S(c1ccccc1)(c1ccccc1)c1ccccc1. The summed E-state index contributed by atoms with van der Waals surface area (Å²) in [6, 6.07) is 33.2. The zero-order chi connectivity index (χ0) is 16.1. The molecular formula is C22H24S. The molecule has 1 heteroatoms. The summed E-state index contributed by atoms with van der Waals surface area (Å²) in [6.07, 6.45) is 1.16. The van der Waals surface area contributed by atoms with Gasteiger partial charge in [0, 0.05) is 0 Å². The fourth-order valence-corrected chi connectivity index (χ4v) is 7.73. The zero-order valence-electron chi connectivity index (χ0n) is 13.9. The van der Waals surface area contributed by atoms with Gasteiger partial charge >= 0.3 is 0 Å². The molecule has 0 saturated heterocycles. The zero-order valence-corrected chi connectivity index (χ0v) is 14.7. The van der Waals surface area contributed by atoms with Crippen molar-refractivity contribution in [2.45, 2.75) is 40.2 Å².